The lowest BCUT2D eigenvalue weighted by atomic mass is 9.72. The van der Waals surface area contributed by atoms with Crippen molar-refractivity contribution >= 4 is 11.9 Å². The number of Topliss-reactive ketones (excluding diaryl/α,β-unsaturated/α-hetero) is 1. The van der Waals surface area contributed by atoms with Crippen molar-refractivity contribution in [1.82, 2.24) is 15.3 Å². The minimum Gasteiger partial charge on any atom is -0.453 e. The molecule has 1 amide bonds. The summed E-state index contributed by atoms with van der Waals surface area (Å²) in [4.78, 5) is 33.3. The van der Waals surface area contributed by atoms with Crippen molar-refractivity contribution in [2.75, 3.05) is 20.3 Å². The Morgan fingerprint density at radius 1 is 1.07 bits per heavy atom. The van der Waals surface area contributed by atoms with E-state index in [9.17, 15) is 22.8 Å². The average Bonchev–Trinajstić information content (AvgIpc) is 2.90. The number of alkyl carbamates (subject to hydrolysis) is 1. The molecule has 3 aromatic rings. The van der Waals surface area contributed by atoms with Gasteiger partial charge in [0.15, 0.2) is 5.78 Å². The molecule has 3 N–H and O–H groups in total. The summed E-state index contributed by atoms with van der Waals surface area (Å²) in [5.41, 5.74) is 7.08. The van der Waals surface area contributed by atoms with E-state index in [1.54, 1.807) is 12.4 Å². The number of halogens is 3. The summed E-state index contributed by atoms with van der Waals surface area (Å²) < 4.78 is 54.6. The summed E-state index contributed by atoms with van der Waals surface area (Å²) in [5, 5.41) is 2.80. The molecule has 11 heteroatoms. The third-order valence-corrected chi connectivity index (χ3v) is 8.03. The molecule has 2 aliphatic rings. The first kappa shape index (κ1) is 28.7. The molecule has 0 unspecified atom stereocenters. The first-order chi connectivity index (χ1) is 19.7. The lowest BCUT2D eigenvalue weighted by molar-refractivity contribution is 0.00822. The second-order valence-corrected chi connectivity index (χ2v) is 10.8. The fourth-order valence-corrected chi connectivity index (χ4v) is 5.79. The van der Waals surface area contributed by atoms with Crippen molar-refractivity contribution in [3.63, 3.8) is 0 Å². The van der Waals surface area contributed by atoms with Gasteiger partial charge < -0.3 is 20.5 Å². The van der Waals surface area contributed by atoms with Crippen LogP contribution >= 0.6 is 0 Å². The van der Waals surface area contributed by atoms with E-state index < -0.39 is 40.6 Å². The molecule has 1 aromatic carbocycles. The van der Waals surface area contributed by atoms with Crippen LogP contribution in [0, 0.1) is 23.4 Å². The van der Waals surface area contributed by atoms with Crippen LogP contribution in [0.4, 0.5) is 18.0 Å². The standard InChI is InChI=1S/C30H31F3N4O4/c1-15-7-17(10-24(34)28(15)37-30(39)40-2)20-5-6-35-12-18(20)11-26(38)25-4-3-21(31)29(36-25)27-22(32)8-16(9-23(27)33)19-13-41-14-19/h3-6,8-9,12,15,17,19,24,28H,7,10-11,13-14,34H2,1-2H3,(H,37,39)/t15-,17+,24+,28-/m0/s1. The molecule has 1 aliphatic carbocycles. The van der Waals surface area contributed by atoms with Crippen LogP contribution in [-0.4, -0.2) is 54.3 Å². The molecule has 0 radical (unpaired) electrons. The highest BCUT2D eigenvalue weighted by Crippen LogP contribution is 2.38. The number of ether oxygens (including phenoxy) is 2. The van der Waals surface area contributed by atoms with Gasteiger partial charge in [-0.2, -0.15) is 0 Å². The number of nitrogens with one attached hydrogen (secondary N) is 1. The molecule has 8 nitrogen and oxygen atoms in total. The quantitative estimate of drug-likeness (QED) is 0.398. The number of methoxy groups -OCH3 is 1. The van der Waals surface area contributed by atoms with Crippen LogP contribution in [0.15, 0.2) is 42.7 Å². The third-order valence-electron chi connectivity index (χ3n) is 8.03. The minimum atomic E-state index is -0.958. The molecule has 2 aromatic heterocycles. The van der Waals surface area contributed by atoms with Gasteiger partial charge in [0.05, 0.1) is 25.9 Å². The highest BCUT2D eigenvalue weighted by Gasteiger charge is 2.36. The van der Waals surface area contributed by atoms with Crippen molar-refractivity contribution in [3.8, 4) is 11.3 Å². The van der Waals surface area contributed by atoms with Gasteiger partial charge in [-0.1, -0.05) is 6.92 Å². The van der Waals surface area contributed by atoms with Gasteiger partial charge in [-0.15, -0.1) is 0 Å². The van der Waals surface area contributed by atoms with Gasteiger partial charge in [-0.3, -0.25) is 9.78 Å². The minimum absolute atomic E-state index is 0.000934. The summed E-state index contributed by atoms with van der Waals surface area (Å²) in [6.07, 6.45) is 3.85. The number of hydrogen-bond acceptors (Lipinski definition) is 7. The maximum atomic E-state index is 15.0. The predicted octanol–water partition coefficient (Wildman–Crippen LogP) is 4.67. The number of nitrogens with zero attached hydrogens (tertiary/aromatic N) is 2. The van der Waals surface area contributed by atoms with Gasteiger partial charge in [0.25, 0.3) is 0 Å². The van der Waals surface area contributed by atoms with Gasteiger partial charge in [0.2, 0.25) is 0 Å². The van der Waals surface area contributed by atoms with E-state index in [-0.39, 0.29) is 42.0 Å². The Kier molecular flexibility index (Phi) is 8.37. The number of hydrogen-bond donors (Lipinski definition) is 2. The fourth-order valence-electron chi connectivity index (χ4n) is 5.79. The largest absolute Gasteiger partial charge is 0.453 e. The fraction of sp³-hybridized carbons (Fsp3) is 0.400. The topological polar surface area (TPSA) is 116 Å². The Balaban J connectivity index is 1.37. The monoisotopic (exact) mass is 568 g/mol. The van der Waals surface area contributed by atoms with Crippen LogP contribution in [0.2, 0.25) is 0 Å². The number of carbonyl (C=O) groups excluding carboxylic acids is 2. The molecule has 0 spiro atoms. The molecule has 216 valence electrons. The molecule has 41 heavy (non-hydrogen) atoms. The van der Waals surface area contributed by atoms with Crippen LogP contribution in [-0.2, 0) is 15.9 Å². The summed E-state index contributed by atoms with van der Waals surface area (Å²) >= 11 is 0. The first-order valence-electron chi connectivity index (χ1n) is 13.5. The summed E-state index contributed by atoms with van der Waals surface area (Å²) in [6.45, 7) is 2.72. The van der Waals surface area contributed by atoms with E-state index >= 15 is 0 Å². The number of pyridine rings is 2. The number of carbonyl (C=O) groups is 2. The van der Waals surface area contributed by atoms with Crippen molar-refractivity contribution < 1.29 is 32.2 Å². The smallest absolute Gasteiger partial charge is 0.407 e. The van der Waals surface area contributed by atoms with E-state index in [1.807, 2.05) is 13.0 Å². The van der Waals surface area contributed by atoms with Gasteiger partial charge in [0.1, 0.15) is 28.8 Å². The Labute approximate surface area is 235 Å². The van der Waals surface area contributed by atoms with E-state index in [2.05, 4.69) is 15.3 Å². The summed E-state index contributed by atoms with van der Waals surface area (Å²) in [5.74, 6) is -3.40. The number of amides is 1. The molecule has 1 saturated heterocycles. The molecule has 1 saturated carbocycles. The zero-order valence-corrected chi connectivity index (χ0v) is 22.7. The van der Waals surface area contributed by atoms with Gasteiger partial charge in [-0.05, 0) is 71.7 Å². The summed E-state index contributed by atoms with van der Waals surface area (Å²) in [7, 11) is 1.30. The van der Waals surface area contributed by atoms with E-state index in [0.717, 1.165) is 23.8 Å². The number of benzene rings is 1. The predicted molar refractivity (Wildman–Crippen MR) is 144 cm³/mol. The number of aromatic nitrogens is 2. The maximum Gasteiger partial charge on any atom is 0.407 e. The SMILES string of the molecule is COC(=O)N[C@@H]1[C@H](N)C[C@H](c2ccncc2CC(=O)c2ccc(F)c(-c3c(F)cc(C4COC4)cc3F)n2)C[C@@H]1C. The van der Waals surface area contributed by atoms with Crippen molar-refractivity contribution in [2.24, 2.45) is 11.7 Å². The van der Waals surface area contributed by atoms with Crippen molar-refractivity contribution in [3.05, 3.63) is 82.6 Å². The second kappa shape index (κ2) is 12.0. The number of ketones is 1. The summed E-state index contributed by atoms with van der Waals surface area (Å²) in [6, 6.07) is 5.74. The Morgan fingerprint density at radius 3 is 2.44 bits per heavy atom. The molecule has 3 heterocycles. The van der Waals surface area contributed by atoms with Crippen LogP contribution < -0.4 is 11.1 Å². The van der Waals surface area contributed by atoms with Crippen LogP contribution in [0.5, 0.6) is 0 Å². The van der Waals surface area contributed by atoms with E-state index in [4.69, 9.17) is 15.2 Å². The van der Waals surface area contributed by atoms with Gasteiger partial charge in [0, 0.05) is 36.8 Å². The van der Waals surface area contributed by atoms with Crippen molar-refractivity contribution in [2.45, 2.75) is 50.1 Å². The zero-order valence-electron chi connectivity index (χ0n) is 22.7. The molecule has 0 bridgehead atoms. The van der Waals surface area contributed by atoms with Gasteiger partial charge >= 0.3 is 6.09 Å². The molecule has 5 rings (SSSR count). The first-order valence-corrected chi connectivity index (χ1v) is 13.5. The second-order valence-electron chi connectivity index (χ2n) is 10.8. The van der Waals surface area contributed by atoms with Crippen molar-refractivity contribution in [1.29, 1.82) is 0 Å². The Hall–Kier alpha value is -3.83. The molecule has 2 fully saturated rings. The van der Waals surface area contributed by atoms with Crippen LogP contribution in [0.25, 0.3) is 11.3 Å². The third kappa shape index (κ3) is 5.96. The number of nitrogens with two attached hydrogens (primary N) is 1. The van der Waals surface area contributed by atoms with E-state index in [0.29, 0.717) is 37.2 Å². The van der Waals surface area contributed by atoms with Gasteiger partial charge in [-0.25, -0.2) is 22.9 Å². The Bertz CT molecular complexity index is 1430. The van der Waals surface area contributed by atoms with Crippen LogP contribution in [0.1, 0.15) is 58.8 Å². The lowest BCUT2D eigenvalue weighted by Gasteiger charge is -2.39. The molecular weight excluding hydrogens is 537 g/mol. The lowest BCUT2D eigenvalue weighted by Crippen LogP contribution is -2.54. The van der Waals surface area contributed by atoms with Crippen LogP contribution in [0.3, 0.4) is 0 Å². The Morgan fingerprint density at radius 2 is 1.80 bits per heavy atom. The molecule has 4 atom stereocenters. The normalized spacial score (nSPS) is 22.6. The van der Waals surface area contributed by atoms with E-state index in [1.165, 1.54) is 13.2 Å². The number of rotatable bonds is 7. The average molecular weight is 569 g/mol. The molecule has 1 aliphatic heterocycles. The maximum absolute atomic E-state index is 15.0. The highest BCUT2D eigenvalue weighted by atomic mass is 19.1. The molecular formula is C30H31F3N4O4. The highest BCUT2D eigenvalue weighted by molar-refractivity contribution is 5.96. The zero-order chi connectivity index (χ0) is 29.3.